The van der Waals surface area contributed by atoms with Gasteiger partial charge in [-0.2, -0.15) is 0 Å². The number of methoxy groups -OCH3 is 1. The van der Waals surface area contributed by atoms with Crippen molar-refractivity contribution < 1.29 is 19.4 Å². The first-order valence-electron chi connectivity index (χ1n) is 8.65. The molecule has 1 saturated heterocycles. The summed E-state index contributed by atoms with van der Waals surface area (Å²) in [5.41, 5.74) is 0.333. The fourth-order valence-corrected chi connectivity index (χ4v) is 4.19. The van der Waals surface area contributed by atoms with Crippen molar-refractivity contribution in [2.75, 3.05) is 13.7 Å². The van der Waals surface area contributed by atoms with E-state index >= 15 is 0 Å². The van der Waals surface area contributed by atoms with E-state index < -0.39 is 17.7 Å². The summed E-state index contributed by atoms with van der Waals surface area (Å²) < 4.78 is 5.19. The van der Waals surface area contributed by atoms with Gasteiger partial charge in [0.05, 0.1) is 23.7 Å². The lowest BCUT2D eigenvalue weighted by Crippen LogP contribution is -2.30. The van der Waals surface area contributed by atoms with E-state index in [2.05, 4.69) is 0 Å². The van der Waals surface area contributed by atoms with Gasteiger partial charge in [0.25, 0.3) is 11.7 Å². The van der Waals surface area contributed by atoms with Crippen LogP contribution in [-0.4, -0.2) is 35.4 Å². The summed E-state index contributed by atoms with van der Waals surface area (Å²) in [7, 11) is 1.50. The van der Waals surface area contributed by atoms with Crippen LogP contribution in [0, 0.1) is 0 Å². The van der Waals surface area contributed by atoms with Gasteiger partial charge in [0, 0.05) is 17.0 Å². The molecular weight excluding hydrogens is 386 g/mol. The van der Waals surface area contributed by atoms with Crippen LogP contribution in [0.3, 0.4) is 0 Å². The third kappa shape index (κ3) is 3.59. The molecular formula is C20H20ClNO4S. The number of unbranched alkanes of at least 4 members (excludes halogenated alkanes) is 1. The Morgan fingerprint density at radius 3 is 2.74 bits per heavy atom. The van der Waals surface area contributed by atoms with E-state index in [-0.39, 0.29) is 21.9 Å². The quantitative estimate of drug-likeness (QED) is 0.432. The highest BCUT2D eigenvalue weighted by Gasteiger charge is 2.46. The minimum absolute atomic E-state index is 0.0636. The summed E-state index contributed by atoms with van der Waals surface area (Å²) in [4.78, 5) is 27.8. The Hall–Kier alpha value is -2.31. The van der Waals surface area contributed by atoms with Crippen LogP contribution in [0.5, 0.6) is 5.75 Å². The number of carbonyl (C=O) groups excluding carboxylic acids is 2. The molecule has 1 aromatic heterocycles. The third-order valence-electron chi connectivity index (χ3n) is 4.53. The van der Waals surface area contributed by atoms with Crippen LogP contribution in [0.4, 0.5) is 0 Å². The number of hydrogen-bond acceptors (Lipinski definition) is 5. The molecule has 0 aliphatic carbocycles. The van der Waals surface area contributed by atoms with E-state index in [1.165, 1.54) is 23.3 Å². The van der Waals surface area contributed by atoms with Crippen molar-refractivity contribution in [3.8, 4) is 5.75 Å². The summed E-state index contributed by atoms with van der Waals surface area (Å²) in [6, 6.07) is 7.92. The van der Waals surface area contributed by atoms with E-state index in [0.717, 1.165) is 17.7 Å². The number of likely N-dealkylation sites (tertiary alicyclic amines) is 1. The standard InChI is InChI=1S/C20H20ClNO4S/c1-3-4-9-22-17(15-6-5-10-27-15)16(19(24)20(22)25)18(23)13-11-12(26-2)7-8-14(13)21/h5-8,10-11,17,23H,3-4,9H2,1-2H3/b18-16-. The number of amides is 1. The van der Waals surface area contributed by atoms with Crippen molar-refractivity contribution in [3.63, 3.8) is 0 Å². The SMILES string of the molecule is CCCCN1C(=O)C(=O)/C(=C(\O)c2cc(OC)ccc2Cl)C1c1cccs1. The number of carbonyl (C=O) groups is 2. The molecule has 1 atom stereocenters. The van der Waals surface area contributed by atoms with E-state index in [4.69, 9.17) is 16.3 Å². The molecule has 1 amide bonds. The van der Waals surface area contributed by atoms with Gasteiger partial charge in [-0.1, -0.05) is 31.0 Å². The topological polar surface area (TPSA) is 66.8 Å². The molecule has 1 aromatic carbocycles. The maximum Gasteiger partial charge on any atom is 0.295 e. The van der Waals surface area contributed by atoms with Crippen LogP contribution in [0.2, 0.25) is 5.02 Å². The van der Waals surface area contributed by atoms with E-state index in [9.17, 15) is 14.7 Å². The van der Waals surface area contributed by atoms with E-state index in [0.29, 0.717) is 12.3 Å². The van der Waals surface area contributed by atoms with Crippen LogP contribution in [-0.2, 0) is 9.59 Å². The van der Waals surface area contributed by atoms with Crippen LogP contribution in [0.1, 0.15) is 36.2 Å². The second kappa shape index (κ2) is 8.15. The van der Waals surface area contributed by atoms with Gasteiger partial charge in [-0.25, -0.2) is 0 Å². The molecule has 7 heteroatoms. The molecule has 5 nitrogen and oxygen atoms in total. The molecule has 142 valence electrons. The Morgan fingerprint density at radius 2 is 2.11 bits per heavy atom. The number of aliphatic hydroxyl groups excluding tert-OH is 1. The number of thiophene rings is 1. The molecule has 0 saturated carbocycles. The van der Waals surface area contributed by atoms with Crippen LogP contribution < -0.4 is 4.74 Å². The summed E-state index contributed by atoms with van der Waals surface area (Å²) in [5.74, 6) is -1.08. The average molecular weight is 406 g/mol. The highest BCUT2D eigenvalue weighted by Crippen LogP contribution is 2.42. The minimum Gasteiger partial charge on any atom is -0.507 e. The van der Waals surface area contributed by atoms with Gasteiger partial charge in [-0.05, 0) is 36.1 Å². The fraction of sp³-hybridized carbons (Fsp3) is 0.300. The van der Waals surface area contributed by atoms with Gasteiger partial charge in [0.2, 0.25) is 0 Å². The number of rotatable bonds is 6. The molecule has 0 spiro atoms. The zero-order valence-electron chi connectivity index (χ0n) is 15.1. The van der Waals surface area contributed by atoms with Crippen LogP contribution in [0.25, 0.3) is 5.76 Å². The Bertz CT molecular complexity index is 891. The van der Waals surface area contributed by atoms with Gasteiger partial charge in [0.1, 0.15) is 11.5 Å². The van der Waals surface area contributed by atoms with Crippen molar-refractivity contribution in [1.82, 2.24) is 4.90 Å². The molecule has 1 unspecified atom stereocenters. The Kier molecular flexibility index (Phi) is 5.87. The number of hydrogen-bond donors (Lipinski definition) is 1. The number of benzene rings is 1. The molecule has 2 aromatic rings. The maximum atomic E-state index is 12.8. The number of Topliss-reactive ketones (excluding diaryl/α,β-unsaturated/α-hetero) is 1. The van der Waals surface area contributed by atoms with Gasteiger partial charge >= 0.3 is 0 Å². The average Bonchev–Trinajstić information content (AvgIpc) is 3.28. The van der Waals surface area contributed by atoms with E-state index in [1.807, 2.05) is 24.4 Å². The highest BCUT2D eigenvalue weighted by atomic mass is 35.5. The fourth-order valence-electron chi connectivity index (χ4n) is 3.14. The van der Waals surface area contributed by atoms with Gasteiger partial charge < -0.3 is 14.7 Å². The van der Waals surface area contributed by atoms with E-state index in [1.54, 1.807) is 18.2 Å². The lowest BCUT2D eigenvalue weighted by molar-refractivity contribution is -0.139. The zero-order valence-corrected chi connectivity index (χ0v) is 16.6. The maximum absolute atomic E-state index is 12.8. The van der Waals surface area contributed by atoms with Gasteiger partial charge in [0.15, 0.2) is 0 Å². The Morgan fingerprint density at radius 1 is 1.33 bits per heavy atom. The lowest BCUT2D eigenvalue weighted by atomic mass is 9.99. The second-order valence-electron chi connectivity index (χ2n) is 6.21. The minimum atomic E-state index is -0.694. The molecule has 0 bridgehead atoms. The van der Waals surface area contributed by atoms with Crippen LogP contribution >= 0.6 is 22.9 Å². The van der Waals surface area contributed by atoms with Gasteiger partial charge in [-0.15, -0.1) is 11.3 Å². The van der Waals surface area contributed by atoms with Crippen molar-refractivity contribution in [2.45, 2.75) is 25.8 Å². The normalized spacial score (nSPS) is 18.9. The number of ether oxygens (including phenoxy) is 1. The summed E-state index contributed by atoms with van der Waals surface area (Å²) in [5, 5.41) is 13.1. The first-order chi connectivity index (χ1) is 13.0. The highest BCUT2D eigenvalue weighted by molar-refractivity contribution is 7.10. The predicted octanol–water partition coefficient (Wildman–Crippen LogP) is 4.63. The number of ketones is 1. The van der Waals surface area contributed by atoms with Crippen LogP contribution in [0.15, 0.2) is 41.3 Å². The van der Waals surface area contributed by atoms with Crippen molar-refractivity contribution in [2.24, 2.45) is 0 Å². The largest absolute Gasteiger partial charge is 0.507 e. The summed E-state index contributed by atoms with van der Waals surface area (Å²) in [6.45, 7) is 2.47. The molecule has 2 heterocycles. The third-order valence-corrected chi connectivity index (χ3v) is 5.79. The molecule has 1 aliphatic heterocycles. The molecule has 1 N–H and O–H groups in total. The first kappa shape index (κ1) is 19.5. The molecule has 3 rings (SSSR count). The van der Waals surface area contributed by atoms with Crippen molar-refractivity contribution in [1.29, 1.82) is 0 Å². The van der Waals surface area contributed by atoms with Crippen molar-refractivity contribution in [3.05, 3.63) is 56.7 Å². The van der Waals surface area contributed by atoms with Crippen molar-refractivity contribution >= 4 is 40.4 Å². The number of aliphatic hydroxyl groups is 1. The smallest absolute Gasteiger partial charge is 0.295 e. The second-order valence-corrected chi connectivity index (χ2v) is 7.59. The monoisotopic (exact) mass is 405 g/mol. The molecule has 27 heavy (non-hydrogen) atoms. The molecule has 1 fully saturated rings. The summed E-state index contributed by atoms with van der Waals surface area (Å²) in [6.07, 6.45) is 1.66. The predicted molar refractivity (Wildman–Crippen MR) is 106 cm³/mol. The number of halogens is 1. The zero-order chi connectivity index (χ0) is 19.6. The molecule has 1 aliphatic rings. The number of nitrogens with zero attached hydrogens (tertiary/aromatic N) is 1. The lowest BCUT2D eigenvalue weighted by Gasteiger charge is -2.24. The molecule has 0 radical (unpaired) electrons. The first-order valence-corrected chi connectivity index (χ1v) is 9.91. The Balaban J connectivity index is 2.17. The summed E-state index contributed by atoms with van der Waals surface area (Å²) >= 11 is 7.69. The van der Waals surface area contributed by atoms with Gasteiger partial charge in [-0.3, -0.25) is 9.59 Å². The Labute approximate surface area is 166 Å².